The molecule has 0 unspecified atom stereocenters. The second kappa shape index (κ2) is 6.85. The Labute approximate surface area is 213 Å². The topological polar surface area (TPSA) is 93.1 Å². The molecular formula is C30H40O6. The van der Waals surface area contributed by atoms with Crippen LogP contribution in [0.5, 0.6) is 0 Å². The molecule has 2 N–H and O–H groups in total. The van der Waals surface area contributed by atoms with Gasteiger partial charge in [-0.3, -0.25) is 9.59 Å². The number of ether oxygens (including phenoxy) is 2. The van der Waals surface area contributed by atoms with Gasteiger partial charge >= 0.3 is 11.9 Å². The van der Waals surface area contributed by atoms with Crippen LogP contribution >= 0.6 is 0 Å². The lowest BCUT2D eigenvalue weighted by Gasteiger charge is -2.47. The maximum absolute atomic E-state index is 13.0. The summed E-state index contributed by atoms with van der Waals surface area (Å²) in [6.45, 7) is 12.2. The Bertz CT molecular complexity index is 1130. The number of aliphatic hydroxyl groups is 2. The van der Waals surface area contributed by atoms with Crippen molar-refractivity contribution in [3.63, 3.8) is 0 Å². The number of hydrogen-bond acceptors (Lipinski definition) is 6. The standard InChI is InChI=1S/C30H40O6/c1-12-11-18-20-21(30(12)24(18)29(6,34)10-8-17-14(3)27(32)36-25(17)30)15(4)19-22(20)28(5,33)9-7-16-13(2)26(31)35-23(16)19/h11,13-14,16-18,20-25,33-34H,7-10H2,1-6H3/t13-,14-,16-,17-,18-,20-,21-,22-,23-,24-,25-,28-,29-,30-/m0/s1. The third kappa shape index (κ3) is 2.43. The highest BCUT2D eigenvalue weighted by molar-refractivity contribution is 5.76. The molecule has 5 aliphatic carbocycles. The minimum atomic E-state index is -0.931. The van der Waals surface area contributed by atoms with Gasteiger partial charge in [-0.1, -0.05) is 31.1 Å². The molecule has 0 aromatic carbocycles. The van der Waals surface area contributed by atoms with Gasteiger partial charge in [0.05, 0.1) is 23.0 Å². The summed E-state index contributed by atoms with van der Waals surface area (Å²) in [5.41, 5.74) is 1.23. The summed E-state index contributed by atoms with van der Waals surface area (Å²) in [5.74, 6) is -0.460. The number of esters is 2. The van der Waals surface area contributed by atoms with Crippen LogP contribution in [0, 0.1) is 58.7 Å². The smallest absolute Gasteiger partial charge is 0.309 e. The Hall–Kier alpha value is -1.66. The highest BCUT2D eigenvalue weighted by atomic mass is 16.6. The van der Waals surface area contributed by atoms with E-state index in [1.54, 1.807) is 0 Å². The van der Waals surface area contributed by atoms with E-state index in [1.165, 1.54) is 11.1 Å². The van der Waals surface area contributed by atoms with Gasteiger partial charge in [0.1, 0.15) is 12.2 Å². The molecular weight excluding hydrogens is 456 g/mol. The monoisotopic (exact) mass is 496 g/mol. The molecule has 0 amide bonds. The normalized spacial score (nSPS) is 58.8. The van der Waals surface area contributed by atoms with E-state index in [1.807, 2.05) is 27.7 Å². The van der Waals surface area contributed by atoms with Crippen LogP contribution in [0.3, 0.4) is 0 Å². The van der Waals surface area contributed by atoms with Crippen molar-refractivity contribution in [2.24, 2.45) is 58.7 Å². The minimum absolute atomic E-state index is 0.0486. The third-order valence-corrected chi connectivity index (χ3v) is 12.4. The summed E-state index contributed by atoms with van der Waals surface area (Å²) in [5, 5.41) is 24.1. The van der Waals surface area contributed by atoms with Crippen molar-refractivity contribution >= 4 is 11.9 Å². The Morgan fingerprint density at radius 3 is 2.22 bits per heavy atom. The van der Waals surface area contributed by atoms with E-state index >= 15 is 0 Å². The summed E-state index contributed by atoms with van der Waals surface area (Å²) < 4.78 is 12.4. The van der Waals surface area contributed by atoms with Gasteiger partial charge in [-0.25, -0.2) is 0 Å². The van der Waals surface area contributed by atoms with Crippen molar-refractivity contribution < 1.29 is 29.3 Å². The van der Waals surface area contributed by atoms with Gasteiger partial charge in [0.15, 0.2) is 0 Å². The number of rotatable bonds is 0. The first-order valence-corrected chi connectivity index (χ1v) is 14.1. The zero-order valence-electron chi connectivity index (χ0n) is 22.3. The molecule has 196 valence electrons. The number of hydrogen-bond donors (Lipinski definition) is 2. The lowest BCUT2D eigenvalue weighted by atomic mass is 9.58. The third-order valence-electron chi connectivity index (χ3n) is 12.4. The van der Waals surface area contributed by atoms with Crippen molar-refractivity contribution in [3.05, 3.63) is 22.8 Å². The van der Waals surface area contributed by atoms with E-state index in [0.717, 1.165) is 18.4 Å². The number of fused-ring (bicyclic) bond motifs is 7. The maximum Gasteiger partial charge on any atom is 0.309 e. The van der Waals surface area contributed by atoms with Crippen molar-refractivity contribution in [2.75, 3.05) is 0 Å². The van der Waals surface area contributed by atoms with E-state index in [4.69, 9.17) is 9.47 Å². The molecule has 0 aromatic heterocycles. The Morgan fingerprint density at radius 2 is 1.50 bits per heavy atom. The lowest BCUT2D eigenvalue weighted by molar-refractivity contribution is -0.153. The first-order valence-electron chi connectivity index (χ1n) is 14.1. The van der Waals surface area contributed by atoms with Crippen molar-refractivity contribution in [2.45, 2.75) is 90.6 Å². The van der Waals surface area contributed by atoms with E-state index in [2.05, 4.69) is 19.9 Å². The summed E-state index contributed by atoms with van der Waals surface area (Å²) >= 11 is 0. The van der Waals surface area contributed by atoms with E-state index in [9.17, 15) is 19.8 Å². The molecule has 14 atom stereocenters. The largest absolute Gasteiger partial charge is 0.461 e. The summed E-state index contributed by atoms with van der Waals surface area (Å²) in [6, 6.07) is 0. The van der Waals surface area contributed by atoms with Crippen LogP contribution in [0.4, 0.5) is 0 Å². The molecule has 2 aliphatic heterocycles. The first-order chi connectivity index (χ1) is 16.8. The first kappa shape index (κ1) is 23.5. The zero-order valence-corrected chi connectivity index (χ0v) is 22.3. The van der Waals surface area contributed by atoms with E-state index < -0.39 is 16.6 Å². The molecule has 6 nitrogen and oxygen atoms in total. The molecule has 7 aliphatic rings. The molecule has 5 fully saturated rings. The molecule has 6 heteroatoms. The Morgan fingerprint density at radius 1 is 0.889 bits per heavy atom. The highest BCUT2D eigenvalue weighted by Crippen LogP contribution is 2.78. The summed E-state index contributed by atoms with van der Waals surface area (Å²) in [4.78, 5) is 25.7. The molecule has 0 radical (unpaired) electrons. The molecule has 3 saturated carbocycles. The minimum Gasteiger partial charge on any atom is -0.461 e. The SMILES string of the molecule is CC1=C[C@H]2[C@H]3[C@H](C(C)=C4[C@H]5OC(=O)[C@@H](C)[C@@H]5CC[C@](C)(O)[C@@H]43)[C@]13[C@@H]2[C@@](C)(O)CC[C@H]1[C@H](C)C(=O)O[C@@H]13. The molecule has 0 aromatic rings. The van der Waals surface area contributed by atoms with E-state index in [-0.39, 0.29) is 77.4 Å². The fourth-order valence-corrected chi connectivity index (χ4v) is 11.0. The molecule has 0 spiro atoms. The molecule has 2 saturated heterocycles. The van der Waals surface area contributed by atoms with Crippen LogP contribution in [0.25, 0.3) is 0 Å². The summed E-state index contributed by atoms with van der Waals surface area (Å²) in [7, 11) is 0. The van der Waals surface area contributed by atoms with Crippen molar-refractivity contribution in [3.8, 4) is 0 Å². The maximum atomic E-state index is 13.0. The molecule has 36 heavy (non-hydrogen) atoms. The van der Waals surface area contributed by atoms with Gasteiger partial charge in [0.2, 0.25) is 0 Å². The van der Waals surface area contributed by atoms with Crippen LogP contribution in [0.2, 0.25) is 0 Å². The summed E-state index contributed by atoms with van der Waals surface area (Å²) in [6.07, 6.45) is 4.59. The van der Waals surface area contributed by atoms with Crippen LogP contribution in [0.15, 0.2) is 22.8 Å². The zero-order chi connectivity index (χ0) is 25.7. The lowest BCUT2D eigenvalue weighted by Crippen LogP contribution is -2.51. The molecule has 7 rings (SSSR count). The molecule has 2 bridgehead atoms. The number of carbonyl (C=O) groups excluding carboxylic acids is 2. The Kier molecular flexibility index (Phi) is 4.46. The van der Waals surface area contributed by atoms with Crippen LogP contribution in [0.1, 0.15) is 67.2 Å². The van der Waals surface area contributed by atoms with Gasteiger partial charge in [-0.15, -0.1) is 0 Å². The second-order valence-electron chi connectivity index (χ2n) is 13.9. The van der Waals surface area contributed by atoms with Crippen LogP contribution < -0.4 is 0 Å². The number of allylic oxidation sites excluding steroid dienone is 2. The van der Waals surface area contributed by atoms with Gasteiger partial charge in [-0.05, 0) is 76.7 Å². The number of carbonyl (C=O) groups is 2. The van der Waals surface area contributed by atoms with Gasteiger partial charge in [0.25, 0.3) is 0 Å². The molecule has 2 heterocycles. The van der Waals surface area contributed by atoms with Crippen LogP contribution in [-0.2, 0) is 19.1 Å². The van der Waals surface area contributed by atoms with Crippen LogP contribution in [-0.4, -0.2) is 45.6 Å². The van der Waals surface area contributed by atoms with Crippen molar-refractivity contribution in [1.29, 1.82) is 0 Å². The fraction of sp³-hybridized carbons (Fsp3) is 0.800. The second-order valence-corrected chi connectivity index (χ2v) is 13.9. The predicted octanol–water partition coefficient (Wildman–Crippen LogP) is 3.80. The average Bonchev–Trinajstić information content (AvgIpc) is 3.49. The van der Waals surface area contributed by atoms with Gasteiger partial charge in [-0.2, -0.15) is 0 Å². The van der Waals surface area contributed by atoms with E-state index in [0.29, 0.717) is 12.8 Å². The van der Waals surface area contributed by atoms with Gasteiger partial charge in [0, 0.05) is 29.1 Å². The highest BCUT2D eigenvalue weighted by Gasteiger charge is 2.78. The van der Waals surface area contributed by atoms with Crippen molar-refractivity contribution in [1.82, 2.24) is 0 Å². The average molecular weight is 497 g/mol. The van der Waals surface area contributed by atoms with Gasteiger partial charge < -0.3 is 19.7 Å². The quantitative estimate of drug-likeness (QED) is 0.391. The fourth-order valence-electron chi connectivity index (χ4n) is 11.0. The predicted molar refractivity (Wildman–Crippen MR) is 131 cm³/mol. The Balaban J connectivity index is 1.47.